The largest absolute Gasteiger partial charge is 0.506 e. The predicted octanol–water partition coefficient (Wildman–Crippen LogP) is 4.08. The number of alkyl halides is 3. The van der Waals surface area contributed by atoms with Crippen molar-refractivity contribution in [3.63, 3.8) is 0 Å². The number of para-hydroxylation sites is 1. The minimum Gasteiger partial charge on any atom is -0.506 e. The van der Waals surface area contributed by atoms with Crippen LogP contribution >= 0.6 is 11.3 Å². The highest BCUT2D eigenvalue weighted by molar-refractivity contribution is 7.13. The zero-order chi connectivity index (χ0) is 18.2. The zero-order valence-electron chi connectivity index (χ0n) is 12.9. The number of rotatable bonds is 3. The monoisotopic (exact) mass is 367 g/mol. The molecule has 0 saturated heterocycles. The van der Waals surface area contributed by atoms with Crippen molar-refractivity contribution in [1.82, 2.24) is 9.97 Å². The van der Waals surface area contributed by atoms with E-state index in [0.29, 0.717) is 5.13 Å². The molecule has 1 N–H and O–H groups in total. The molecule has 3 rings (SSSR count). The number of carbonyl (C=O) groups is 1. The normalized spacial score (nSPS) is 11.7. The minimum atomic E-state index is -4.61. The summed E-state index contributed by atoms with van der Waals surface area (Å²) in [6, 6.07) is 3.34. The number of thiazole rings is 1. The van der Waals surface area contributed by atoms with Gasteiger partial charge < -0.3 is 5.11 Å². The van der Waals surface area contributed by atoms with Crippen LogP contribution in [0.3, 0.4) is 0 Å². The van der Waals surface area contributed by atoms with Crippen LogP contribution in [0.5, 0.6) is 5.75 Å². The zero-order valence-corrected chi connectivity index (χ0v) is 13.7. The molecule has 0 unspecified atom stereocenters. The third kappa shape index (κ3) is 3.02. The first-order valence-electron chi connectivity index (χ1n) is 7.23. The van der Waals surface area contributed by atoms with Crippen LogP contribution in [0, 0.1) is 0 Å². The molecule has 0 aliphatic heterocycles. The first-order valence-corrected chi connectivity index (χ1v) is 8.11. The van der Waals surface area contributed by atoms with Gasteiger partial charge in [0.25, 0.3) is 5.91 Å². The third-order valence-electron chi connectivity index (χ3n) is 3.62. The van der Waals surface area contributed by atoms with Crippen LogP contribution in [0.4, 0.5) is 18.3 Å². The lowest BCUT2D eigenvalue weighted by atomic mass is 10.1. The molecule has 25 heavy (non-hydrogen) atoms. The van der Waals surface area contributed by atoms with Crippen molar-refractivity contribution in [3.05, 3.63) is 47.1 Å². The second kappa shape index (κ2) is 6.32. The van der Waals surface area contributed by atoms with Gasteiger partial charge in [-0.1, -0.05) is 6.07 Å². The molecule has 9 heteroatoms. The molecule has 0 fully saturated rings. The average molecular weight is 367 g/mol. The summed E-state index contributed by atoms with van der Waals surface area (Å²) in [5.74, 6) is -1.11. The van der Waals surface area contributed by atoms with Crippen molar-refractivity contribution >= 4 is 33.3 Å². The second-order valence-electron chi connectivity index (χ2n) is 5.08. The number of aromatic hydroxyl groups is 1. The van der Waals surface area contributed by atoms with Crippen LogP contribution in [-0.2, 0) is 6.18 Å². The molecular formula is C16H12F3N3O2S. The highest BCUT2D eigenvalue weighted by atomic mass is 32.1. The van der Waals surface area contributed by atoms with E-state index in [2.05, 4.69) is 9.97 Å². The quantitative estimate of drug-likeness (QED) is 0.757. The van der Waals surface area contributed by atoms with Gasteiger partial charge >= 0.3 is 6.18 Å². The lowest BCUT2D eigenvalue weighted by Gasteiger charge is -2.19. The summed E-state index contributed by atoms with van der Waals surface area (Å²) in [6.07, 6.45) is -2.11. The number of halogens is 3. The van der Waals surface area contributed by atoms with E-state index in [-0.39, 0.29) is 17.5 Å². The summed E-state index contributed by atoms with van der Waals surface area (Å²) in [5, 5.41) is 12.4. The van der Waals surface area contributed by atoms with Gasteiger partial charge in [0.2, 0.25) is 0 Å². The van der Waals surface area contributed by atoms with Crippen LogP contribution in [0.1, 0.15) is 22.8 Å². The molecule has 130 valence electrons. The number of amides is 1. The highest BCUT2D eigenvalue weighted by Gasteiger charge is 2.34. The fraction of sp³-hybridized carbons (Fsp3) is 0.188. The predicted molar refractivity (Wildman–Crippen MR) is 87.9 cm³/mol. The van der Waals surface area contributed by atoms with Crippen LogP contribution in [0.25, 0.3) is 10.9 Å². The Morgan fingerprint density at radius 2 is 2.08 bits per heavy atom. The van der Waals surface area contributed by atoms with Crippen LogP contribution in [-0.4, -0.2) is 27.5 Å². The lowest BCUT2D eigenvalue weighted by Crippen LogP contribution is -2.30. The molecule has 2 heterocycles. The number of hydrogen-bond donors (Lipinski definition) is 1. The van der Waals surface area contributed by atoms with E-state index in [1.165, 1.54) is 34.6 Å². The fourth-order valence-corrected chi connectivity index (χ4v) is 3.16. The molecule has 0 saturated carbocycles. The summed E-state index contributed by atoms with van der Waals surface area (Å²) in [7, 11) is 0. The van der Waals surface area contributed by atoms with E-state index in [4.69, 9.17) is 0 Å². The Labute approximate surface area is 144 Å². The van der Waals surface area contributed by atoms with Crippen LogP contribution in [0.15, 0.2) is 36.0 Å². The van der Waals surface area contributed by atoms with E-state index in [1.807, 2.05) is 0 Å². The molecule has 0 spiro atoms. The van der Waals surface area contributed by atoms with Crippen molar-refractivity contribution in [3.8, 4) is 5.75 Å². The molecule has 0 bridgehead atoms. The van der Waals surface area contributed by atoms with Gasteiger partial charge in [-0.25, -0.2) is 4.98 Å². The number of pyridine rings is 1. The van der Waals surface area contributed by atoms with Gasteiger partial charge in [-0.3, -0.25) is 14.7 Å². The van der Waals surface area contributed by atoms with E-state index < -0.39 is 28.9 Å². The average Bonchev–Trinajstić information content (AvgIpc) is 3.08. The Hall–Kier alpha value is -2.68. The minimum absolute atomic E-state index is 0.129. The first kappa shape index (κ1) is 17.2. The Bertz CT molecular complexity index is 926. The molecule has 0 atom stereocenters. The molecule has 3 aromatic rings. The summed E-state index contributed by atoms with van der Waals surface area (Å²) in [6.45, 7) is 2.01. The third-order valence-corrected chi connectivity index (χ3v) is 4.41. The topological polar surface area (TPSA) is 66.3 Å². The molecular weight excluding hydrogens is 355 g/mol. The van der Waals surface area contributed by atoms with Gasteiger partial charge in [0, 0.05) is 29.7 Å². The maximum atomic E-state index is 13.1. The van der Waals surface area contributed by atoms with Crippen LogP contribution in [0.2, 0.25) is 0 Å². The number of anilines is 1. The van der Waals surface area contributed by atoms with Gasteiger partial charge in [-0.2, -0.15) is 13.2 Å². The van der Waals surface area contributed by atoms with Gasteiger partial charge in [0.15, 0.2) is 5.13 Å². The molecule has 1 amide bonds. The van der Waals surface area contributed by atoms with Gasteiger partial charge in [0.1, 0.15) is 11.3 Å². The maximum absolute atomic E-state index is 13.1. The number of fused-ring (bicyclic) bond motifs is 1. The van der Waals surface area contributed by atoms with E-state index >= 15 is 0 Å². The first-order chi connectivity index (χ1) is 11.8. The number of nitrogens with zero attached hydrogens (tertiary/aromatic N) is 3. The maximum Gasteiger partial charge on any atom is 0.418 e. The van der Waals surface area contributed by atoms with E-state index in [0.717, 1.165) is 12.3 Å². The van der Waals surface area contributed by atoms with E-state index in [1.54, 1.807) is 12.3 Å². The van der Waals surface area contributed by atoms with Crippen molar-refractivity contribution in [2.75, 3.05) is 11.4 Å². The van der Waals surface area contributed by atoms with Gasteiger partial charge in [-0.15, -0.1) is 11.3 Å². The lowest BCUT2D eigenvalue weighted by molar-refractivity contribution is -0.136. The van der Waals surface area contributed by atoms with Crippen LogP contribution < -0.4 is 4.90 Å². The smallest absolute Gasteiger partial charge is 0.418 e. The Morgan fingerprint density at radius 1 is 1.32 bits per heavy atom. The number of carbonyl (C=O) groups excluding carboxylic acids is 1. The SMILES string of the molecule is CCN(C(=O)c1cnc2c(C(F)(F)F)cccc2c1O)c1nccs1. The standard InChI is InChI=1S/C16H12F3N3O2S/c1-2-22(15-20-6-7-25-15)14(24)10-8-21-12-9(13(10)23)4-3-5-11(12)16(17,18)19/h3-8H,2H2,1H3,(H,21,23). The molecule has 0 radical (unpaired) electrons. The molecule has 5 nitrogen and oxygen atoms in total. The van der Waals surface area contributed by atoms with Gasteiger partial charge in [0.05, 0.1) is 11.1 Å². The summed E-state index contributed by atoms with van der Waals surface area (Å²) >= 11 is 1.24. The summed E-state index contributed by atoms with van der Waals surface area (Å²) in [4.78, 5) is 21.8. The van der Waals surface area contributed by atoms with Crippen molar-refractivity contribution in [2.45, 2.75) is 13.1 Å². The van der Waals surface area contributed by atoms with Crippen molar-refractivity contribution in [1.29, 1.82) is 0 Å². The molecule has 0 aliphatic carbocycles. The summed E-state index contributed by atoms with van der Waals surface area (Å²) in [5.41, 5.74) is -1.54. The second-order valence-corrected chi connectivity index (χ2v) is 5.96. The number of hydrogen-bond acceptors (Lipinski definition) is 5. The van der Waals surface area contributed by atoms with E-state index in [9.17, 15) is 23.1 Å². The number of benzene rings is 1. The fourth-order valence-electron chi connectivity index (χ4n) is 2.45. The summed E-state index contributed by atoms with van der Waals surface area (Å²) < 4.78 is 39.2. The highest BCUT2D eigenvalue weighted by Crippen LogP contribution is 2.37. The Balaban J connectivity index is 2.12. The van der Waals surface area contributed by atoms with Crippen molar-refractivity contribution in [2.24, 2.45) is 0 Å². The van der Waals surface area contributed by atoms with Gasteiger partial charge in [-0.05, 0) is 19.1 Å². The Kier molecular flexibility index (Phi) is 4.34. The Morgan fingerprint density at radius 3 is 2.68 bits per heavy atom. The molecule has 2 aromatic heterocycles. The number of aromatic nitrogens is 2. The molecule has 0 aliphatic rings. The van der Waals surface area contributed by atoms with Crippen molar-refractivity contribution < 1.29 is 23.1 Å². The molecule has 1 aromatic carbocycles.